The van der Waals surface area contributed by atoms with Gasteiger partial charge in [0.2, 0.25) is 0 Å². The number of esters is 1. The Balaban J connectivity index is 2.61. The van der Waals surface area contributed by atoms with Crippen LogP contribution in [0, 0.1) is 5.92 Å². The maximum atomic E-state index is 12.2. The van der Waals surface area contributed by atoms with Crippen LogP contribution in [0.5, 0.6) is 0 Å². The van der Waals surface area contributed by atoms with Crippen molar-refractivity contribution in [2.75, 3.05) is 20.2 Å². The lowest BCUT2D eigenvalue weighted by Crippen LogP contribution is -2.51. The number of carbonyl (C=O) groups is 2. The maximum absolute atomic E-state index is 12.2. The number of nitrogens with one attached hydrogen (secondary N) is 1. The number of hydrogen-bond donors (Lipinski definition) is 1. The van der Waals surface area contributed by atoms with E-state index in [1.807, 2.05) is 18.7 Å². The van der Waals surface area contributed by atoms with E-state index in [9.17, 15) is 9.59 Å². The summed E-state index contributed by atoms with van der Waals surface area (Å²) >= 11 is 0. The first-order valence-electron chi connectivity index (χ1n) is 7.23. The van der Waals surface area contributed by atoms with Gasteiger partial charge in [-0.15, -0.1) is 0 Å². The molecule has 1 fully saturated rings. The lowest BCUT2D eigenvalue weighted by molar-refractivity contribution is -0.144. The molecule has 5 nitrogen and oxygen atoms in total. The maximum Gasteiger partial charge on any atom is 0.328 e. The van der Waals surface area contributed by atoms with Crippen LogP contribution in [0.15, 0.2) is 0 Å². The third-order valence-corrected chi connectivity index (χ3v) is 3.84. The summed E-state index contributed by atoms with van der Waals surface area (Å²) in [5.74, 6) is -0.291. The van der Waals surface area contributed by atoms with Crippen LogP contribution in [0.3, 0.4) is 0 Å². The van der Waals surface area contributed by atoms with Gasteiger partial charge in [-0.1, -0.05) is 33.1 Å². The predicted molar refractivity (Wildman–Crippen MR) is 73.8 cm³/mol. The van der Waals surface area contributed by atoms with Crippen molar-refractivity contribution < 1.29 is 14.3 Å². The zero-order valence-electron chi connectivity index (χ0n) is 12.3. The molecule has 1 heterocycles. The Morgan fingerprint density at radius 1 is 1.21 bits per heavy atom. The molecule has 2 atom stereocenters. The fourth-order valence-electron chi connectivity index (χ4n) is 2.29. The molecule has 0 spiro atoms. The van der Waals surface area contributed by atoms with E-state index in [0.717, 1.165) is 32.4 Å². The molecule has 1 N–H and O–H groups in total. The van der Waals surface area contributed by atoms with E-state index in [2.05, 4.69) is 5.32 Å². The fraction of sp³-hybridized carbons (Fsp3) is 0.857. The van der Waals surface area contributed by atoms with Crippen molar-refractivity contribution in [1.29, 1.82) is 0 Å². The first-order valence-corrected chi connectivity index (χ1v) is 7.23. The first kappa shape index (κ1) is 15.8. The number of ether oxygens (including phenoxy) is 1. The zero-order valence-corrected chi connectivity index (χ0v) is 12.3. The summed E-state index contributed by atoms with van der Waals surface area (Å²) in [6, 6.07) is -0.691. The molecule has 2 amide bonds. The van der Waals surface area contributed by atoms with Crippen LogP contribution in [0.1, 0.15) is 46.0 Å². The van der Waals surface area contributed by atoms with Crippen LogP contribution in [-0.4, -0.2) is 43.1 Å². The van der Waals surface area contributed by atoms with Gasteiger partial charge in [0.25, 0.3) is 0 Å². The topological polar surface area (TPSA) is 58.6 Å². The van der Waals surface area contributed by atoms with E-state index < -0.39 is 6.04 Å². The van der Waals surface area contributed by atoms with Gasteiger partial charge in [-0.2, -0.15) is 0 Å². The Hall–Kier alpha value is -1.26. The molecule has 0 unspecified atom stereocenters. The monoisotopic (exact) mass is 270 g/mol. The predicted octanol–water partition coefficient (Wildman–Crippen LogP) is 2.16. The Morgan fingerprint density at radius 3 is 2.26 bits per heavy atom. The normalized spacial score (nSPS) is 19.2. The molecule has 0 bridgehead atoms. The summed E-state index contributed by atoms with van der Waals surface area (Å²) in [7, 11) is 1.36. The van der Waals surface area contributed by atoms with Crippen LogP contribution >= 0.6 is 0 Å². The molecule has 1 aliphatic rings. The Labute approximate surface area is 115 Å². The van der Waals surface area contributed by atoms with E-state index >= 15 is 0 Å². The standard InChI is InChI=1S/C14H26N2O3/c1-4-11(2)12(13(17)19-3)15-14(18)16-9-7-5-6-8-10-16/h11-12H,4-10H2,1-3H3,(H,15,18)/t11-,12+/m1/s1. The van der Waals surface area contributed by atoms with Crippen LogP contribution in [0.25, 0.3) is 0 Å². The smallest absolute Gasteiger partial charge is 0.328 e. The van der Waals surface area contributed by atoms with Crippen molar-refractivity contribution in [3.63, 3.8) is 0 Å². The highest BCUT2D eigenvalue weighted by atomic mass is 16.5. The van der Waals surface area contributed by atoms with Gasteiger partial charge in [0.1, 0.15) is 6.04 Å². The van der Waals surface area contributed by atoms with Crippen molar-refractivity contribution >= 4 is 12.0 Å². The summed E-state index contributed by atoms with van der Waals surface area (Å²) in [6.07, 6.45) is 5.25. The number of rotatable bonds is 4. The quantitative estimate of drug-likeness (QED) is 0.796. The van der Waals surface area contributed by atoms with E-state index in [1.165, 1.54) is 20.0 Å². The second-order valence-corrected chi connectivity index (χ2v) is 5.24. The van der Waals surface area contributed by atoms with Gasteiger partial charge in [0, 0.05) is 13.1 Å². The summed E-state index contributed by atoms with van der Waals surface area (Å²) < 4.78 is 4.78. The van der Waals surface area contributed by atoms with Gasteiger partial charge in [-0.25, -0.2) is 9.59 Å². The lowest BCUT2D eigenvalue weighted by atomic mass is 9.99. The highest BCUT2D eigenvalue weighted by Gasteiger charge is 2.28. The number of likely N-dealkylation sites (tertiary alicyclic amines) is 1. The van der Waals surface area contributed by atoms with Crippen LogP contribution in [-0.2, 0) is 9.53 Å². The van der Waals surface area contributed by atoms with Gasteiger partial charge in [-0.3, -0.25) is 0 Å². The van der Waals surface area contributed by atoms with Crippen LogP contribution < -0.4 is 5.32 Å². The number of amides is 2. The molecule has 0 aromatic carbocycles. The van der Waals surface area contributed by atoms with E-state index in [0.29, 0.717) is 0 Å². The van der Waals surface area contributed by atoms with Gasteiger partial charge in [0.15, 0.2) is 0 Å². The summed E-state index contributed by atoms with van der Waals surface area (Å²) in [6.45, 7) is 5.50. The Bertz CT molecular complexity index is 299. The molecule has 0 aromatic heterocycles. The SMILES string of the molecule is CC[C@@H](C)[C@H](NC(=O)N1CCCCCC1)C(=O)OC. The highest BCUT2D eigenvalue weighted by Crippen LogP contribution is 2.12. The van der Waals surface area contributed by atoms with E-state index in [4.69, 9.17) is 4.74 Å². The molecule has 0 aromatic rings. The molecule has 0 saturated carbocycles. The largest absolute Gasteiger partial charge is 0.467 e. The second kappa shape index (κ2) is 8.02. The molecule has 1 rings (SSSR count). The van der Waals surface area contributed by atoms with Gasteiger partial charge < -0.3 is 15.0 Å². The number of methoxy groups -OCH3 is 1. The number of nitrogens with zero attached hydrogens (tertiary/aromatic N) is 1. The summed E-state index contributed by atoms with van der Waals surface area (Å²) in [5.41, 5.74) is 0. The number of hydrogen-bond acceptors (Lipinski definition) is 3. The molecule has 19 heavy (non-hydrogen) atoms. The molecular formula is C14H26N2O3. The zero-order chi connectivity index (χ0) is 14.3. The second-order valence-electron chi connectivity index (χ2n) is 5.24. The van der Waals surface area contributed by atoms with Crippen molar-refractivity contribution in [3.05, 3.63) is 0 Å². The number of carbonyl (C=O) groups excluding carboxylic acids is 2. The molecule has 0 radical (unpaired) electrons. The third kappa shape index (κ3) is 4.73. The molecule has 0 aliphatic carbocycles. The van der Waals surface area contributed by atoms with Crippen molar-refractivity contribution in [1.82, 2.24) is 10.2 Å². The average molecular weight is 270 g/mol. The fourth-order valence-corrected chi connectivity index (χ4v) is 2.29. The first-order chi connectivity index (χ1) is 9.10. The van der Waals surface area contributed by atoms with Crippen molar-refractivity contribution in [2.45, 2.75) is 52.0 Å². The molecule has 1 saturated heterocycles. The molecule has 1 aliphatic heterocycles. The van der Waals surface area contributed by atoms with Gasteiger partial charge >= 0.3 is 12.0 Å². The minimum atomic E-state index is -0.550. The Kier molecular flexibility index (Phi) is 6.67. The summed E-state index contributed by atoms with van der Waals surface area (Å²) in [5, 5.41) is 2.83. The summed E-state index contributed by atoms with van der Waals surface area (Å²) in [4.78, 5) is 25.8. The lowest BCUT2D eigenvalue weighted by Gasteiger charge is -2.26. The van der Waals surface area contributed by atoms with Crippen molar-refractivity contribution in [2.24, 2.45) is 5.92 Å². The van der Waals surface area contributed by atoms with Gasteiger partial charge in [0.05, 0.1) is 7.11 Å². The number of urea groups is 1. The molecule has 110 valence electrons. The molecule has 5 heteroatoms. The van der Waals surface area contributed by atoms with Crippen molar-refractivity contribution in [3.8, 4) is 0 Å². The average Bonchev–Trinajstić information content (AvgIpc) is 2.71. The van der Waals surface area contributed by atoms with Crippen LogP contribution in [0.4, 0.5) is 4.79 Å². The van der Waals surface area contributed by atoms with Crippen LogP contribution in [0.2, 0.25) is 0 Å². The van der Waals surface area contributed by atoms with E-state index in [1.54, 1.807) is 0 Å². The Morgan fingerprint density at radius 2 is 1.79 bits per heavy atom. The minimum Gasteiger partial charge on any atom is -0.467 e. The van der Waals surface area contributed by atoms with Gasteiger partial charge in [-0.05, 0) is 18.8 Å². The minimum absolute atomic E-state index is 0.0726. The third-order valence-electron chi connectivity index (χ3n) is 3.84. The highest BCUT2D eigenvalue weighted by molar-refractivity contribution is 5.83. The van der Waals surface area contributed by atoms with E-state index in [-0.39, 0.29) is 17.9 Å². The molecular weight excluding hydrogens is 244 g/mol.